The molecule has 0 aliphatic heterocycles. The molecule has 0 N–H and O–H groups in total. The molecule has 3 rings (SSSR count). The van der Waals surface area contributed by atoms with Gasteiger partial charge >= 0.3 is 24.6 Å². The van der Waals surface area contributed by atoms with Crippen LogP contribution in [0.25, 0.3) is 0 Å². The Balaban J connectivity index is 1.94. The molecule has 0 atom stereocenters. The summed E-state index contributed by atoms with van der Waals surface area (Å²) in [6, 6.07) is 8.31. The number of amides is 1. The van der Waals surface area contributed by atoms with Crippen LogP contribution in [-0.2, 0) is 36.4 Å². The molecule has 1 amide bonds. The molecule has 37 heavy (non-hydrogen) atoms. The van der Waals surface area contributed by atoms with Gasteiger partial charge < -0.3 is 4.74 Å². The molecule has 6 nitrogen and oxygen atoms in total. The fourth-order valence-electron chi connectivity index (χ4n) is 3.04. The van der Waals surface area contributed by atoms with Crippen molar-refractivity contribution in [1.29, 1.82) is 0 Å². The van der Waals surface area contributed by atoms with E-state index in [1.54, 1.807) is 6.07 Å². The number of halogens is 9. The second-order valence-corrected chi connectivity index (χ2v) is 7.47. The number of benzene rings is 2. The highest BCUT2D eigenvalue weighted by Crippen LogP contribution is 2.36. The van der Waals surface area contributed by atoms with Crippen LogP contribution < -0.4 is 10.6 Å². The van der Waals surface area contributed by atoms with E-state index in [2.05, 4.69) is 4.98 Å². The van der Waals surface area contributed by atoms with Crippen LogP contribution in [0.2, 0.25) is 0 Å². The van der Waals surface area contributed by atoms with E-state index >= 15 is 0 Å². The van der Waals surface area contributed by atoms with Gasteiger partial charge in [-0.1, -0.05) is 30.3 Å². The van der Waals surface area contributed by atoms with Crippen LogP contribution in [-0.4, -0.2) is 15.8 Å². The molecule has 0 bridgehead atoms. The van der Waals surface area contributed by atoms with E-state index in [0.29, 0.717) is 33.7 Å². The van der Waals surface area contributed by atoms with Crippen molar-refractivity contribution in [2.24, 2.45) is 0 Å². The maximum atomic E-state index is 13.1. The lowest BCUT2D eigenvalue weighted by molar-refractivity contribution is -0.143. The van der Waals surface area contributed by atoms with E-state index in [-0.39, 0.29) is 12.1 Å². The molecule has 0 fully saturated rings. The third-order valence-corrected chi connectivity index (χ3v) is 4.74. The van der Waals surface area contributed by atoms with Crippen LogP contribution >= 0.6 is 0 Å². The molecule has 0 aliphatic carbocycles. The molecule has 0 radical (unpaired) electrons. The lowest BCUT2D eigenvalue weighted by atomic mass is 10.1. The average molecular weight is 539 g/mol. The lowest BCUT2D eigenvalue weighted by Crippen LogP contribution is -2.46. The summed E-state index contributed by atoms with van der Waals surface area (Å²) >= 11 is 0. The Morgan fingerprint density at radius 2 is 1.38 bits per heavy atom. The van der Waals surface area contributed by atoms with Gasteiger partial charge in [0.15, 0.2) is 5.69 Å². The van der Waals surface area contributed by atoms with E-state index in [1.807, 2.05) is 0 Å². The number of hydrogen-bond acceptors (Lipinski definition) is 4. The summed E-state index contributed by atoms with van der Waals surface area (Å²) in [6.07, 6.45) is -16.3. The normalized spacial score (nSPS) is 12.4. The number of hydrogen-bond donors (Lipinski definition) is 0. The van der Waals surface area contributed by atoms with Crippen molar-refractivity contribution >= 4 is 6.09 Å². The largest absolute Gasteiger partial charge is 0.443 e. The molecule has 3 aromatic rings. The molecular formula is C22H14F9N3O3. The van der Waals surface area contributed by atoms with Crippen LogP contribution in [0, 0.1) is 0 Å². The van der Waals surface area contributed by atoms with Crippen LogP contribution in [0.1, 0.15) is 27.9 Å². The predicted octanol–water partition coefficient (Wildman–Crippen LogP) is 5.77. The van der Waals surface area contributed by atoms with E-state index in [4.69, 9.17) is 4.74 Å². The van der Waals surface area contributed by atoms with Crippen LogP contribution in [0.4, 0.5) is 44.3 Å². The van der Waals surface area contributed by atoms with Crippen LogP contribution in [0.5, 0.6) is 0 Å². The number of ether oxygens (including phenoxy) is 1. The third-order valence-electron chi connectivity index (χ3n) is 4.74. The number of aromatic nitrogens is 2. The molecule has 1 heterocycles. The first kappa shape index (κ1) is 27.5. The smallest absolute Gasteiger partial charge is 0.433 e. The highest BCUT2D eigenvalue weighted by Gasteiger charge is 2.37. The maximum Gasteiger partial charge on any atom is 0.433 e. The molecule has 1 aromatic heterocycles. The molecular weight excluding hydrogens is 525 g/mol. The molecule has 2 aromatic carbocycles. The molecule has 198 valence electrons. The Morgan fingerprint density at radius 1 is 0.811 bits per heavy atom. The summed E-state index contributed by atoms with van der Waals surface area (Å²) in [5.41, 5.74) is -6.51. The molecule has 0 spiro atoms. The molecule has 0 aliphatic rings. The lowest BCUT2D eigenvalue weighted by Gasteiger charge is -2.24. The van der Waals surface area contributed by atoms with Gasteiger partial charge in [-0.05, 0) is 29.3 Å². The Morgan fingerprint density at radius 3 is 1.86 bits per heavy atom. The van der Waals surface area contributed by atoms with Gasteiger partial charge in [0.2, 0.25) is 0 Å². The maximum absolute atomic E-state index is 13.1. The van der Waals surface area contributed by atoms with E-state index in [9.17, 15) is 49.1 Å². The zero-order valence-electron chi connectivity index (χ0n) is 18.2. The first-order valence-corrected chi connectivity index (χ1v) is 9.98. The molecule has 0 saturated carbocycles. The number of carbonyl (C=O) groups excluding carboxylic acids is 1. The fourth-order valence-corrected chi connectivity index (χ4v) is 3.04. The topological polar surface area (TPSA) is 64.4 Å². The number of rotatable bonds is 5. The van der Waals surface area contributed by atoms with Crippen molar-refractivity contribution in [2.75, 3.05) is 5.01 Å². The monoisotopic (exact) mass is 539 g/mol. The van der Waals surface area contributed by atoms with Crippen LogP contribution in [0.15, 0.2) is 65.7 Å². The fraction of sp³-hybridized carbons (Fsp3) is 0.227. The minimum atomic E-state index is -5.14. The minimum Gasteiger partial charge on any atom is -0.443 e. The van der Waals surface area contributed by atoms with Crippen molar-refractivity contribution in [3.8, 4) is 0 Å². The minimum absolute atomic E-state index is 0.105. The molecule has 0 saturated heterocycles. The first-order valence-electron chi connectivity index (χ1n) is 9.98. The van der Waals surface area contributed by atoms with Crippen molar-refractivity contribution in [1.82, 2.24) is 9.66 Å². The molecule has 0 unspecified atom stereocenters. The quantitative estimate of drug-likeness (QED) is 0.386. The average Bonchev–Trinajstić information content (AvgIpc) is 2.80. The van der Waals surface area contributed by atoms with Crippen LogP contribution in [0.3, 0.4) is 0 Å². The van der Waals surface area contributed by atoms with Gasteiger partial charge in [0.1, 0.15) is 12.9 Å². The second kappa shape index (κ2) is 10.1. The van der Waals surface area contributed by atoms with Gasteiger partial charge in [-0.3, -0.25) is 4.79 Å². The zero-order valence-corrected chi connectivity index (χ0v) is 18.2. The third kappa shape index (κ3) is 7.01. The van der Waals surface area contributed by atoms with E-state index in [1.165, 1.54) is 24.3 Å². The highest BCUT2D eigenvalue weighted by atomic mass is 19.4. The van der Waals surface area contributed by atoms with Gasteiger partial charge in [0, 0.05) is 6.07 Å². The van der Waals surface area contributed by atoms with Crippen molar-refractivity contribution in [3.05, 3.63) is 99.2 Å². The van der Waals surface area contributed by atoms with E-state index in [0.717, 1.165) is 0 Å². The Bertz CT molecular complexity index is 1280. The Kier molecular flexibility index (Phi) is 7.55. The van der Waals surface area contributed by atoms with Gasteiger partial charge in [-0.25, -0.2) is 19.5 Å². The zero-order chi connectivity index (χ0) is 27.6. The SMILES string of the molecule is O=C(OCc1cc(C(F)(F)F)cc(C(F)(F)F)c1)N(Cc1ccccc1)n1cnc(C(F)(F)F)cc1=O. The van der Waals surface area contributed by atoms with Crippen molar-refractivity contribution in [3.63, 3.8) is 0 Å². The summed E-state index contributed by atoms with van der Waals surface area (Å²) in [7, 11) is 0. The van der Waals surface area contributed by atoms with Crippen molar-refractivity contribution < 1.29 is 49.0 Å². The summed E-state index contributed by atoms with van der Waals surface area (Å²) in [5.74, 6) is 0. The Labute approximate surface area is 201 Å². The predicted molar refractivity (Wildman–Crippen MR) is 108 cm³/mol. The second-order valence-electron chi connectivity index (χ2n) is 7.47. The van der Waals surface area contributed by atoms with Gasteiger partial charge in [-0.15, -0.1) is 0 Å². The standard InChI is InChI=1S/C22H14F9N3O3/c23-20(24,25)15-6-14(7-16(8-15)21(26,27)28)11-37-19(36)33(10-13-4-2-1-3-5-13)34-12-32-17(9-18(34)35)22(29,30)31/h1-9,12H,10-11H2. The van der Waals surface area contributed by atoms with Gasteiger partial charge in [-0.2, -0.15) is 39.5 Å². The summed E-state index contributed by atoms with van der Waals surface area (Å²) in [5, 5.41) is 0.489. The first-order chi connectivity index (χ1) is 17.1. The summed E-state index contributed by atoms with van der Waals surface area (Å²) in [4.78, 5) is 28.2. The van der Waals surface area contributed by atoms with Gasteiger partial charge in [0.25, 0.3) is 5.56 Å². The number of nitrogens with zero attached hydrogens (tertiary/aromatic N) is 3. The summed E-state index contributed by atoms with van der Waals surface area (Å²) < 4.78 is 122. The van der Waals surface area contributed by atoms with Gasteiger partial charge in [0.05, 0.1) is 17.7 Å². The summed E-state index contributed by atoms with van der Waals surface area (Å²) in [6.45, 7) is -1.55. The number of carbonyl (C=O) groups is 1. The Hall–Kier alpha value is -4.04. The number of alkyl halides is 9. The highest BCUT2D eigenvalue weighted by molar-refractivity contribution is 5.78. The van der Waals surface area contributed by atoms with E-state index < -0.39 is 65.7 Å². The van der Waals surface area contributed by atoms with Crippen molar-refractivity contribution in [2.45, 2.75) is 31.7 Å². The molecule has 15 heteroatoms.